The Bertz CT molecular complexity index is 1070. The zero-order valence-electron chi connectivity index (χ0n) is 17.9. The minimum absolute atomic E-state index is 0.639. The third kappa shape index (κ3) is 4.91. The van der Waals surface area contributed by atoms with Crippen molar-refractivity contribution in [1.82, 2.24) is 25.1 Å². The van der Waals surface area contributed by atoms with Crippen LogP contribution in [0.1, 0.15) is 17.2 Å². The molecule has 0 radical (unpaired) electrons. The molecule has 0 amide bonds. The minimum Gasteiger partial charge on any atom is -0.359 e. The molecule has 0 aliphatic carbocycles. The van der Waals surface area contributed by atoms with Crippen molar-refractivity contribution in [2.75, 3.05) is 26.2 Å². The minimum atomic E-state index is 0.639. The van der Waals surface area contributed by atoms with Crippen LogP contribution >= 0.6 is 11.6 Å². The van der Waals surface area contributed by atoms with E-state index in [1.807, 2.05) is 42.5 Å². The van der Waals surface area contributed by atoms with Crippen molar-refractivity contribution >= 4 is 11.6 Å². The Hall–Kier alpha value is -3.00. The van der Waals surface area contributed by atoms with E-state index in [4.69, 9.17) is 20.6 Å². The molecule has 0 N–H and O–H groups in total. The van der Waals surface area contributed by atoms with Gasteiger partial charge in [-0.15, -0.1) is 0 Å². The lowest BCUT2D eigenvalue weighted by Crippen LogP contribution is -2.45. The first-order valence-corrected chi connectivity index (χ1v) is 11.1. The van der Waals surface area contributed by atoms with Crippen LogP contribution in [0, 0.1) is 6.92 Å². The first kappa shape index (κ1) is 20.9. The lowest BCUT2D eigenvalue weighted by molar-refractivity contribution is 0.105. The molecule has 1 saturated heterocycles. The summed E-state index contributed by atoms with van der Waals surface area (Å²) in [6, 6.07) is 17.8. The molecule has 0 unspecified atom stereocenters. The first-order valence-electron chi connectivity index (χ1n) is 10.7. The molecular weight excluding hydrogens is 426 g/mol. The van der Waals surface area contributed by atoms with Crippen LogP contribution < -0.4 is 0 Å². The standard InChI is InChI=1S/C24H24ClN5O2/c1-17-2-4-19(5-3-17)24-26-23(32-28-24)16-30-12-10-29(11-13-30)15-21-14-22(27-31-21)18-6-8-20(25)9-7-18/h2-9,14H,10-13,15-16H2,1H3. The fourth-order valence-electron chi connectivity index (χ4n) is 3.80. The highest BCUT2D eigenvalue weighted by molar-refractivity contribution is 6.30. The SMILES string of the molecule is Cc1ccc(-c2noc(CN3CCN(Cc4cc(-c5ccc(Cl)cc5)no4)CC3)n2)cc1. The van der Waals surface area contributed by atoms with Crippen molar-refractivity contribution in [2.24, 2.45) is 0 Å². The van der Waals surface area contributed by atoms with E-state index in [0.29, 0.717) is 23.3 Å². The second-order valence-electron chi connectivity index (χ2n) is 8.12. The summed E-state index contributed by atoms with van der Waals surface area (Å²) in [7, 11) is 0. The summed E-state index contributed by atoms with van der Waals surface area (Å²) in [5.41, 5.74) is 4.01. The van der Waals surface area contributed by atoms with Crippen LogP contribution in [-0.2, 0) is 13.1 Å². The first-order chi connectivity index (χ1) is 15.6. The number of hydrogen-bond donors (Lipinski definition) is 0. The molecule has 1 fully saturated rings. The molecule has 5 rings (SSSR count). The molecule has 1 aliphatic rings. The fourth-order valence-corrected chi connectivity index (χ4v) is 3.93. The van der Waals surface area contributed by atoms with Crippen LogP contribution in [0.25, 0.3) is 22.6 Å². The monoisotopic (exact) mass is 449 g/mol. The van der Waals surface area contributed by atoms with Gasteiger partial charge < -0.3 is 9.05 Å². The third-order valence-electron chi connectivity index (χ3n) is 5.68. The molecule has 0 bridgehead atoms. The molecule has 32 heavy (non-hydrogen) atoms. The highest BCUT2D eigenvalue weighted by Gasteiger charge is 2.21. The molecule has 0 atom stereocenters. The van der Waals surface area contributed by atoms with E-state index in [0.717, 1.165) is 55.3 Å². The van der Waals surface area contributed by atoms with Gasteiger partial charge in [-0.1, -0.05) is 63.9 Å². The van der Waals surface area contributed by atoms with Crippen LogP contribution in [0.15, 0.2) is 63.6 Å². The normalized spacial score (nSPS) is 15.3. The van der Waals surface area contributed by atoms with Gasteiger partial charge >= 0.3 is 0 Å². The van der Waals surface area contributed by atoms with Gasteiger partial charge in [0.1, 0.15) is 5.69 Å². The van der Waals surface area contributed by atoms with Crippen LogP contribution in [0.5, 0.6) is 0 Å². The lowest BCUT2D eigenvalue weighted by Gasteiger charge is -2.33. The molecule has 0 saturated carbocycles. The van der Waals surface area contributed by atoms with Crippen LogP contribution in [0.3, 0.4) is 0 Å². The van der Waals surface area contributed by atoms with E-state index in [1.165, 1.54) is 5.56 Å². The van der Waals surface area contributed by atoms with Gasteiger partial charge in [-0.25, -0.2) is 0 Å². The Labute approximate surface area is 191 Å². The maximum Gasteiger partial charge on any atom is 0.241 e. The van der Waals surface area contributed by atoms with Crippen LogP contribution in [0.2, 0.25) is 5.02 Å². The van der Waals surface area contributed by atoms with Crippen LogP contribution in [-0.4, -0.2) is 51.3 Å². The summed E-state index contributed by atoms with van der Waals surface area (Å²) in [4.78, 5) is 9.27. The topological polar surface area (TPSA) is 71.4 Å². The van der Waals surface area contributed by atoms with Gasteiger partial charge in [0.2, 0.25) is 11.7 Å². The molecule has 2 aromatic carbocycles. The second kappa shape index (κ2) is 9.24. The van der Waals surface area contributed by atoms with E-state index in [2.05, 4.69) is 44.2 Å². The van der Waals surface area contributed by atoms with Crippen molar-refractivity contribution in [3.8, 4) is 22.6 Å². The Morgan fingerprint density at radius 1 is 0.812 bits per heavy atom. The second-order valence-corrected chi connectivity index (χ2v) is 8.55. The largest absolute Gasteiger partial charge is 0.359 e. The highest BCUT2D eigenvalue weighted by atomic mass is 35.5. The summed E-state index contributed by atoms with van der Waals surface area (Å²) < 4.78 is 11.0. The number of aryl methyl sites for hydroxylation is 1. The summed E-state index contributed by atoms with van der Waals surface area (Å²) >= 11 is 5.96. The van der Waals surface area contributed by atoms with E-state index < -0.39 is 0 Å². The zero-order chi connectivity index (χ0) is 21.9. The Kier molecular flexibility index (Phi) is 6.03. The Balaban J connectivity index is 1.13. The van der Waals surface area contributed by atoms with E-state index in [1.54, 1.807) is 0 Å². The van der Waals surface area contributed by atoms with Gasteiger partial charge in [-0.05, 0) is 19.1 Å². The molecule has 2 aromatic heterocycles. The maximum atomic E-state index is 5.96. The quantitative estimate of drug-likeness (QED) is 0.423. The van der Waals surface area contributed by atoms with Crippen molar-refractivity contribution in [1.29, 1.82) is 0 Å². The lowest BCUT2D eigenvalue weighted by atomic mass is 10.1. The van der Waals surface area contributed by atoms with Crippen molar-refractivity contribution < 1.29 is 9.05 Å². The van der Waals surface area contributed by atoms with Gasteiger partial charge in [0.05, 0.1) is 13.1 Å². The van der Waals surface area contributed by atoms with Gasteiger partial charge in [-0.2, -0.15) is 4.98 Å². The molecule has 3 heterocycles. The zero-order valence-corrected chi connectivity index (χ0v) is 18.6. The number of halogens is 1. The van der Waals surface area contributed by atoms with Gasteiger partial charge in [0.15, 0.2) is 5.76 Å². The summed E-state index contributed by atoms with van der Waals surface area (Å²) in [5, 5.41) is 9.05. The van der Waals surface area contributed by atoms with E-state index >= 15 is 0 Å². The summed E-state index contributed by atoms with van der Waals surface area (Å²) in [6.07, 6.45) is 0. The predicted molar refractivity (Wildman–Crippen MR) is 122 cm³/mol. The number of rotatable bonds is 6. The third-order valence-corrected chi connectivity index (χ3v) is 5.93. The average Bonchev–Trinajstić information content (AvgIpc) is 3.46. The number of hydrogen-bond acceptors (Lipinski definition) is 7. The Morgan fingerprint density at radius 2 is 1.47 bits per heavy atom. The highest BCUT2D eigenvalue weighted by Crippen LogP contribution is 2.22. The predicted octanol–water partition coefficient (Wildman–Crippen LogP) is 4.67. The number of piperazine rings is 1. The van der Waals surface area contributed by atoms with Gasteiger partial charge in [0.25, 0.3) is 0 Å². The molecule has 7 nitrogen and oxygen atoms in total. The summed E-state index contributed by atoms with van der Waals surface area (Å²) in [5.74, 6) is 2.15. The van der Waals surface area contributed by atoms with Gasteiger partial charge in [-0.3, -0.25) is 9.80 Å². The maximum absolute atomic E-state index is 5.96. The van der Waals surface area contributed by atoms with Gasteiger partial charge in [0, 0.05) is 48.4 Å². The molecule has 0 spiro atoms. The molecular formula is C24H24ClN5O2. The number of nitrogens with zero attached hydrogens (tertiary/aromatic N) is 5. The number of aromatic nitrogens is 3. The van der Waals surface area contributed by atoms with Crippen molar-refractivity contribution in [2.45, 2.75) is 20.0 Å². The number of benzene rings is 2. The molecule has 164 valence electrons. The molecule has 8 heteroatoms. The average molecular weight is 450 g/mol. The summed E-state index contributed by atoms with van der Waals surface area (Å²) in [6.45, 7) is 7.21. The molecule has 4 aromatic rings. The van der Waals surface area contributed by atoms with Crippen LogP contribution in [0.4, 0.5) is 0 Å². The van der Waals surface area contributed by atoms with Crippen molar-refractivity contribution in [3.63, 3.8) is 0 Å². The smallest absolute Gasteiger partial charge is 0.241 e. The molecule has 1 aliphatic heterocycles. The van der Waals surface area contributed by atoms with E-state index in [9.17, 15) is 0 Å². The van der Waals surface area contributed by atoms with Crippen molar-refractivity contribution in [3.05, 3.63) is 76.8 Å². The fraction of sp³-hybridized carbons (Fsp3) is 0.292. The van der Waals surface area contributed by atoms with E-state index in [-0.39, 0.29) is 0 Å². The Morgan fingerprint density at radius 3 is 2.19 bits per heavy atom.